The lowest BCUT2D eigenvalue weighted by molar-refractivity contribution is 0.0761. The summed E-state index contributed by atoms with van der Waals surface area (Å²) >= 11 is 3.43. The summed E-state index contributed by atoms with van der Waals surface area (Å²) in [6, 6.07) is 5.79. The zero-order chi connectivity index (χ0) is 13.3. The van der Waals surface area contributed by atoms with Crippen LogP contribution in [-0.4, -0.2) is 35.1 Å². The fourth-order valence-corrected chi connectivity index (χ4v) is 2.76. The van der Waals surface area contributed by atoms with Gasteiger partial charge < -0.3 is 10.0 Å². The lowest BCUT2D eigenvalue weighted by Crippen LogP contribution is -2.30. The molecule has 1 N–H and O–H groups in total. The van der Waals surface area contributed by atoms with Crippen LogP contribution in [0, 0.1) is 12.8 Å². The molecule has 1 aromatic carbocycles. The predicted octanol–water partition coefficient (Wildman–Crippen LogP) is 2.60. The van der Waals surface area contributed by atoms with Gasteiger partial charge in [-0.05, 0) is 48.3 Å². The largest absolute Gasteiger partial charge is 0.393 e. The van der Waals surface area contributed by atoms with E-state index in [2.05, 4.69) is 15.9 Å². The van der Waals surface area contributed by atoms with Gasteiger partial charge in [0.25, 0.3) is 5.91 Å². The molecule has 1 aromatic rings. The second-order valence-corrected chi connectivity index (χ2v) is 5.88. The Bertz CT molecular complexity index is 459. The lowest BCUT2D eigenvalue weighted by Gasteiger charge is -2.18. The number of rotatable bonds is 2. The Morgan fingerprint density at radius 3 is 2.89 bits per heavy atom. The third-order valence-corrected chi connectivity index (χ3v) is 4.24. The highest BCUT2D eigenvalue weighted by atomic mass is 79.9. The minimum Gasteiger partial charge on any atom is -0.393 e. The minimum absolute atomic E-state index is 0.0497. The van der Waals surface area contributed by atoms with Gasteiger partial charge in [-0.25, -0.2) is 0 Å². The summed E-state index contributed by atoms with van der Waals surface area (Å²) < 4.78 is 0.832. The third-order valence-electron chi connectivity index (χ3n) is 3.55. The number of aliphatic hydroxyl groups is 1. The van der Waals surface area contributed by atoms with E-state index in [-0.39, 0.29) is 17.9 Å². The molecule has 1 fully saturated rings. The van der Waals surface area contributed by atoms with E-state index in [0.717, 1.165) is 23.0 Å². The Kier molecular flexibility index (Phi) is 4.07. The molecule has 0 aromatic heterocycles. The number of hydrogen-bond donors (Lipinski definition) is 1. The number of carbonyl (C=O) groups is 1. The molecule has 2 rings (SSSR count). The van der Waals surface area contributed by atoms with Crippen molar-refractivity contribution in [2.75, 3.05) is 13.1 Å². The summed E-state index contributed by atoms with van der Waals surface area (Å²) in [6.07, 6.45) is 0.538. The van der Waals surface area contributed by atoms with E-state index in [4.69, 9.17) is 0 Å². The molecule has 18 heavy (non-hydrogen) atoms. The second-order valence-electron chi connectivity index (χ2n) is 5.02. The van der Waals surface area contributed by atoms with Crippen molar-refractivity contribution in [2.24, 2.45) is 5.92 Å². The van der Waals surface area contributed by atoms with E-state index in [1.807, 2.05) is 30.0 Å². The van der Waals surface area contributed by atoms with Crippen LogP contribution in [0.4, 0.5) is 0 Å². The monoisotopic (exact) mass is 311 g/mol. The van der Waals surface area contributed by atoms with E-state index >= 15 is 0 Å². The van der Waals surface area contributed by atoms with Gasteiger partial charge >= 0.3 is 0 Å². The Labute approximate surface area is 116 Å². The molecule has 0 aliphatic carbocycles. The van der Waals surface area contributed by atoms with Crippen molar-refractivity contribution in [1.29, 1.82) is 0 Å². The summed E-state index contributed by atoms with van der Waals surface area (Å²) in [7, 11) is 0. The van der Waals surface area contributed by atoms with E-state index in [1.54, 1.807) is 6.92 Å². The van der Waals surface area contributed by atoms with Gasteiger partial charge in [-0.1, -0.05) is 11.6 Å². The number of aliphatic hydroxyl groups excluding tert-OH is 1. The van der Waals surface area contributed by atoms with Crippen LogP contribution in [0.1, 0.15) is 29.3 Å². The standard InChI is InChI=1S/C14H18BrNO2/c1-9-3-4-13(15)12(7-9)14(18)16-6-5-11(8-16)10(2)17/h3-4,7,10-11,17H,5-6,8H2,1-2H3. The van der Waals surface area contributed by atoms with Crippen LogP contribution < -0.4 is 0 Å². The highest BCUT2D eigenvalue weighted by Crippen LogP contribution is 2.25. The first kappa shape index (κ1) is 13.6. The third kappa shape index (κ3) is 2.75. The van der Waals surface area contributed by atoms with Gasteiger partial charge in [-0.2, -0.15) is 0 Å². The van der Waals surface area contributed by atoms with Gasteiger partial charge in [0.1, 0.15) is 0 Å². The molecule has 1 saturated heterocycles. The molecular formula is C14H18BrNO2. The normalized spacial score (nSPS) is 21.1. The van der Waals surface area contributed by atoms with Gasteiger partial charge in [0, 0.05) is 23.5 Å². The quantitative estimate of drug-likeness (QED) is 0.912. The summed E-state index contributed by atoms with van der Waals surface area (Å²) in [6.45, 7) is 5.15. The van der Waals surface area contributed by atoms with Crippen molar-refractivity contribution in [1.82, 2.24) is 4.90 Å². The molecule has 0 saturated carbocycles. The Hall–Kier alpha value is -0.870. The van der Waals surface area contributed by atoms with Crippen molar-refractivity contribution < 1.29 is 9.90 Å². The Morgan fingerprint density at radius 2 is 2.28 bits per heavy atom. The fraction of sp³-hybridized carbons (Fsp3) is 0.500. The molecule has 1 amide bonds. The van der Waals surface area contributed by atoms with E-state index in [1.165, 1.54) is 0 Å². The van der Waals surface area contributed by atoms with E-state index in [0.29, 0.717) is 12.1 Å². The van der Waals surface area contributed by atoms with E-state index in [9.17, 15) is 9.90 Å². The van der Waals surface area contributed by atoms with Crippen LogP contribution in [0.3, 0.4) is 0 Å². The maximum absolute atomic E-state index is 12.4. The number of hydrogen-bond acceptors (Lipinski definition) is 2. The molecule has 2 atom stereocenters. The average molecular weight is 312 g/mol. The first-order valence-corrected chi connectivity index (χ1v) is 7.02. The van der Waals surface area contributed by atoms with Gasteiger partial charge in [0.2, 0.25) is 0 Å². The number of carbonyl (C=O) groups excluding carboxylic acids is 1. The molecule has 4 heteroatoms. The number of aryl methyl sites for hydroxylation is 1. The van der Waals surface area contributed by atoms with Crippen LogP contribution in [0.25, 0.3) is 0 Å². The fourth-order valence-electron chi connectivity index (χ4n) is 2.34. The van der Waals surface area contributed by atoms with Crippen LogP contribution in [0.15, 0.2) is 22.7 Å². The number of halogens is 1. The molecular weight excluding hydrogens is 294 g/mol. The Morgan fingerprint density at radius 1 is 1.56 bits per heavy atom. The molecule has 0 bridgehead atoms. The van der Waals surface area contributed by atoms with Crippen molar-refractivity contribution in [3.05, 3.63) is 33.8 Å². The van der Waals surface area contributed by atoms with Crippen LogP contribution in [-0.2, 0) is 0 Å². The molecule has 0 radical (unpaired) electrons. The molecule has 0 spiro atoms. The number of likely N-dealkylation sites (tertiary alicyclic amines) is 1. The SMILES string of the molecule is Cc1ccc(Br)c(C(=O)N2CCC(C(C)O)C2)c1. The smallest absolute Gasteiger partial charge is 0.255 e. The first-order chi connectivity index (χ1) is 8.49. The maximum atomic E-state index is 12.4. The van der Waals surface area contributed by atoms with Gasteiger partial charge in [0.15, 0.2) is 0 Å². The minimum atomic E-state index is -0.344. The Balaban J connectivity index is 2.15. The van der Waals surface area contributed by atoms with Crippen LogP contribution in [0.2, 0.25) is 0 Å². The van der Waals surface area contributed by atoms with Crippen LogP contribution in [0.5, 0.6) is 0 Å². The predicted molar refractivity (Wildman–Crippen MR) is 74.6 cm³/mol. The first-order valence-electron chi connectivity index (χ1n) is 6.22. The summed E-state index contributed by atoms with van der Waals surface area (Å²) in [4.78, 5) is 14.2. The number of amides is 1. The highest BCUT2D eigenvalue weighted by molar-refractivity contribution is 9.10. The summed E-state index contributed by atoms with van der Waals surface area (Å²) in [5, 5.41) is 9.57. The molecule has 3 nitrogen and oxygen atoms in total. The zero-order valence-corrected chi connectivity index (χ0v) is 12.3. The summed E-state index contributed by atoms with van der Waals surface area (Å²) in [5.74, 6) is 0.256. The molecule has 1 aliphatic heterocycles. The van der Waals surface area contributed by atoms with Gasteiger partial charge in [0.05, 0.1) is 11.7 Å². The van der Waals surface area contributed by atoms with Gasteiger partial charge in [-0.3, -0.25) is 4.79 Å². The average Bonchev–Trinajstić information content (AvgIpc) is 2.81. The van der Waals surface area contributed by atoms with Gasteiger partial charge in [-0.15, -0.1) is 0 Å². The topological polar surface area (TPSA) is 40.5 Å². The van der Waals surface area contributed by atoms with Crippen molar-refractivity contribution >= 4 is 21.8 Å². The van der Waals surface area contributed by atoms with Crippen LogP contribution >= 0.6 is 15.9 Å². The van der Waals surface area contributed by atoms with Crippen molar-refractivity contribution in [2.45, 2.75) is 26.4 Å². The maximum Gasteiger partial charge on any atom is 0.255 e. The second kappa shape index (κ2) is 5.41. The summed E-state index contributed by atoms with van der Waals surface area (Å²) in [5.41, 5.74) is 1.79. The molecule has 1 heterocycles. The number of benzene rings is 1. The van der Waals surface area contributed by atoms with Crippen molar-refractivity contribution in [3.8, 4) is 0 Å². The van der Waals surface area contributed by atoms with Crippen molar-refractivity contribution in [3.63, 3.8) is 0 Å². The number of nitrogens with zero attached hydrogens (tertiary/aromatic N) is 1. The lowest BCUT2D eigenvalue weighted by atomic mass is 10.0. The highest BCUT2D eigenvalue weighted by Gasteiger charge is 2.30. The zero-order valence-electron chi connectivity index (χ0n) is 10.7. The molecule has 2 unspecified atom stereocenters. The van der Waals surface area contributed by atoms with E-state index < -0.39 is 0 Å². The molecule has 98 valence electrons. The molecule has 1 aliphatic rings.